The minimum atomic E-state index is 0.561. The molecule has 0 bridgehead atoms. The van der Waals surface area contributed by atoms with E-state index in [1.807, 2.05) is 30.3 Å². The van der Waals surface area contributed by atoms with E-state index in [0.717, 1.165) is 67.3 Å². The van der Waals surface area contributed by atoms with E-state index in [1.54, 1.807) is 0 Å². The molecule has 2 aromatic heterocycles. The number of fused-ring (bicyclic) bond motifs is 2. The molecule has 3 heterocycles. The molecule has 0 radical (unpaired) electrons. The summed E-state index contributed by atoms with van der Waals surface area (Å²) in [6.45, 7) is 5.59. The molecule has 0 aliphatic carbocycles. The molecule has 0 unspecified atom stereocenters. The number of benzene rings is 2. The molecule has 148 valence electrons. The zero-order valence-electron chi connectivity index (χ0n) is 16.6. The standard InChI is InChI=1S/C22H25N7/c1-27-19-9-5-4-8-18(19)25-21(27)15-29-12-10-28(11-13-29)14-20-24-17-7-3-2-6-16(17)22(23)26-20/h2-9H,10-15H2,1H3,(H2,23,24,26). The van der Waals surface area contributed by atoms with Crippen LogP contribution in [0.3, 0.4) is 0 Å². The predicted molar refractivity (Wildman–Crippen MR) is 115 cm³/mol. The number of para-hydroxylation sites is 3. The van der Waals surface area contributed by atoms with E-state index in [4.69, 9.17) is 15.7 Å². The number of nitrogens with two attached hydrogens (primary N) is 1. The molecule has 1 fully saturated rings. The van der Waals surface area contributed by atoms with Gasteiger partial charge < -0.3 is 10.3 Å². The fraction of sp³-hybridized carbons (Fsp3) is 0.318. The van der Waals surface area contributed by atoms with E-state index in [2.05, 4.69) is 44.6 Å². The van der Waals surface area contributed by atoms with Crippen molar-refractivity contribution in [1.29, 1.82) is 0 Å². The Morgan fingerprint density at radius 1 is 0.793 bits per heavy atom. The monoisotopic (exact) mass is 387 g/mol. The van der Waals surface area contributed by atoms with Gasteiger partial charge in [0.05, 0.1) is 29.6 Å². The molecular weight excluding hydrogens is 362 g/mol. The Kier molecular flexibility index (Phi) is 4.61. The Bertz CT molecular complexity index is 1160. The first-order valence-corrected chi connectivity index (χ1v) is 10.0. The molecule has 2 aromatic carbocycles. The Hall–Kier alpha value is -3.03. The van der Waals surface area contributed by atoms with Crippen molar-refractivity contribution in [1.82, 2.24) is 29.3 Å². The smallest absolute Gasteiger partial charge is 0.145 e. The van der Waals surface area contributed by atoms with E-state index in [0.29, 0.717) is 5.82 Å². The summed E-state index contributed by atoms with van der Waals surface area (Å²) in [6, 6.07) is 16.2. The van der Waals surface area contributed by atoms with Crippen molar-refractivity contribution in [2.24, 2.45) is 7.05 Å². The average Bonchev–Trinajstić information content (AvgIpc) is 3.05. The number of nitrogen functional groups attached to an aromatic ring is 1. The van der Waals surface area contributed by atoms with Gasteiger partial charge in [-0.05, 0) is 24.3 Å². The van der Waals surface area contributed by atoms with Crippen molar-refractivity contribution in [2.75, 3.05) is 31.9 Å². The van der Waals surface area contributed by atoms with Gasteiger partial charge in [0.15, 0.2) is 0 Å². The molecule has 0 atom stereocenters. The number of hydrogen-bond acceptors (Lipinski definition) is 6. The van der Waals surface area contributed by atoms with E-state index in [-0.39, 0.29) is 0 Å². The Morgan fingerprint density at radius 3 is 2.21 bits per heavy atom. The molecule has 4 aromatic rings. The first-order valence-electron chi connectivity index (χ1n) is 10.0. The maximum atomic E-state index is 6.13. The maximum absolute atomic E-state index is 6.13. The lowest BCUT2D eigenvalue weighted by Gasteiger charge is -2.34. The highest BCUT2D eigenvalue weighted by atomic mass is 15.3. The number of aromatic nitrogens is 4. The normalized spacial score (nSPS) is 16.0. The van der Waals surface area contributed by atoms with E-state index in [1.165, 1.54) is 5.52 Å². The Balaban J connectivity index is 1.23. The van der Waals surface area contributed by atoms with Crippen molar-refractivity contribution in [3.05, 3.63) is 60.2 Å². The SMILES string of the molecule is Cn1c(CN2CCN(Cc3nc(N)c4ccccc4n3)CC2)nc2ccccc21. The Labute approximate surface area is 169 Å². The van der Waals surface area contributed by atoms with Gasteiger partial charge in [0.1, 0.15) is 17.5 Å². The van der Waals surface area contributed by atoms with E-state index < -0.39 is 0 Å². The van der Waals surface area contributed by atoms with Crippen molar-refractivity contribution >= 4 is 27.8 Å². The molecular formula is C22H25N7. The van der Waals surface area contributed by atoms with Crippen LogP contribution in [0.2, 0.25) is 0 Å². The molecule has 1 aliphatic rings. The fourth-order valence-corrected chi connectivity index (χ4v) is 4.06. The number of piperazine rings is 1. The highest BCUT2D eigenvalue weighted by molar-refractivity contribution is 5.87. The van der Waals surface area contributed by atoms with Gasteiger partial charge in [-0.25, -0.2) is 15.0 Å². The summed E-state index contributed by atoms with van der Waals surface area (Å²) in [7, 11) is 2.10. The first-order chi connectivity index (χ1) is 14.2. The third-order valence-electron chi connectivity index (χ3n) is 5.75. The van der Waals surface area contributed by atoms with Crippen molar-refractivity contribution < 1.29 is 0 Å². The molecule has 0 amide bonds. The highest BCUT2D eigenvalue weighted by Gasteiger charge is 2.20. The third kappa shape index (κ3) is 3.54. The second kappa shape index (κ2) is 7.42. The number of nitrogens with zero attached hydrogens (tertiary/aromatic N) is 6. The van der Waals surface area contributed by atoms with Crippen molar-refractivity contribution in [2.45, 2.75) is 13.1 Å². The molecule has 1 aliphatic heterocycles. The van der Waals surface area contributed by atoms with Crippen LogP contribution in [0.4, 0.5) is 5.82 Å². The van der Waals surface area contributed by atoms with Crippen LogP contribution in [0.1, 0.15) is 11.6 Å². The molecule has 0 saturated carbocycles. The molecule has 0 spiro atoms. The number of anilines is 1. The number of rotatable bonds is 4. The van der Waals surface area contributed by atoms with Crippen LogP contribution < -0.4 is 5.73 Å². The van der Waals surface area contributed by atoms with Gasteiger partial charge in [0, 0.05) is 38.6 Å². The van der Waals surface area contributed by atoms with Crippen molar-refractivity contribution in [3.8, 4) is 0 Å². The number of imidazole rings is 1. The molecule has 7 heteroatoms. The highest BCUT2D eigenvalue weighted by Crippen LogP contribution is 2.19. The quantitative estimate of drug-likeness (QED) is 0.580. The van der Waals surface area contributed by atoms with Gasteiger partial charge in [0.25, 0.3) is 0 Å². The molecule has 2 N–H and O–H groups in total. The first kappa shape index (κ1) is 18.0. The summed E-state index contributed by atoms with van der Waals surface area (Å²) in [4.78, 5) is 18.9. The van der Waals surface area contributed by atoms with Crippen LogP contribution in [-0.4, -0.2) is 55.5 Å². The molecule has 29 heavy (non-hydrogen) atoms. The Morgan fingerprint density at radius 2 is 1.45 bits per heavy atom. The van der Waals surface area contributed by atoms with Gasteiger partial charge in [-0.15, -0.1) is 0 Å². The topological polar surface area (TPSA) is 76.1 Å². The lowest BCUT2D eigenvalue weighted by atomic mass is 10.2. The van der Waals surface area contributed by atoms with E-state index >= 15 is 0 Å². The van der Waals surface area contributed by atoms with Crippen LogP contribution in [0.15, 0.2) is 48.5 Å². The van der Waals surface area contributed by atoms with Crippen LogP contribution in [-0.2, 0) is 20.1 Å². The maximum Gasteiger partial charge on any atom is 0.145 e. The van der Waals surface area contributed by atoms with Gasteiger partial charge in [-0.3, -0.25) is 9.80 Å². The fourth-order valence-electron chi connectivity index (χ4n) is 4.06. The minimum absolute atomic E-state index is 0.561. The third-order valence-corrected chi connectivity index (χ3v) is 5.75. The summed E-state index contributed by atoms with van der Waals surface area (Å²) < 4.78 is 2.20. The van der Waals surface area contributed by atoms with E-state index in [9.17, 15) is 0 Å². The second-order valence-electron chi connectivity index (χ2n) is 7.67. The summed E-state index contributed by atoms with van der Waals surface area (Å²) in [6.07, 6.45) is 0. The second-order valence-corrected chi connectivity index (χ2v) is 7.67. The predicted octanol–water partition coefficient (Wildman–Crippen LogP) is 2.42. The largest absolute Gasteiger partial charge is 0.383 e. The van der Waals surface area contributed by atoms with Gasteiger partial charge in [0.2, 0.25) is 0 Å². The van der Waals surface area contributed by atoms with Crippen LogP contribution in [0, 0.1) is 0 Å². The van der Waals surface area contributed by atoms with Crippen molar-refractivity contribution in [3.63, 3.8) is 0 Å². The summed E-state index contributed by atoms with van der Waals surface area (Å²) >= 11 is 0. The molecule has 5 rings (SSSR count). The van der Waals surface area contributed by atoms with Gasteiger partial charge in [-0.1, -0.05) is 24.3 Å². The van der Waals surface area contributed by atoms with Crippen LogP contribution >= 0.6 is 0 Å². The van der Waals surface area contributed by atoms with Gasteiger partial charge in [-0.2, -0.15) is 0 Å². The summed E-state index contributed by atoms with van der Waals surface area (Å²) in [5, 5.41) is 0.920. The van der Waals surface area contributed by atoms with Gasteiger partial charge >= 0.3 is 0 Å². The summed E-state index contributed by atoms with van der Waals surface area (Å²) in [5.74, 6) is 2.47. The lowest BCUT2D eigenvalue weighted by molar-refractivity contribution is 0.117. The average molecular weight is 387 g/mol. The minimum Gasteiger partial charge on any atom is -0.383 e. The number of aryl methyl sites for hydroxylation is 1. The molecule has 1 saturated heterocycles. The zero-order chi connectivity index (χ0) is 19.8. The number of hydrogen-bond donors (Lipinski definition) is 1. The zero-order valence-corrected chi connectivity index (χ0v) is 16.6. The van der Waals surface area contributed by atoms with Crippen LogP contribution in [0.25, 0.3) is 21.9 Å². The molecule has 7 nitrogen and oxygen atoms in total. The summed E-state index contributed by atoms with van der Waals surface area (Å²) in [5.41, 5.74) is 9.29. The van der Waals surface area contributed by atoms with Crippen LogP contribution in [0.5, 0.6) is 0 Å². The lowest BCUT2D eigenvalue weighted by Crippen LogP contribution is -2.45.